The number of alkyl halides is 1. The molecule has 3 rings (SSSR count). The zero-order chi connectivity index (χ0) is 18.4. The van der Waals surface area contributed by atoms with Crippen LogP contribution < -0.4 is 10.2 Å². The zero-order valence-corrected chi connectivity index (χ0v) is 15.9. The summed E-state index contributed by atoms with van der Waals surface area (Å²) in [6.07, 6.45) is 4.47. The Bertz CT molecular complexity index is 919. The number of hydrogen-bond donors (Lipinski definition) is 0. The molecule has 0 amide bonds. The summed E-state index contributed by atoms with van der Waals surface area (Å²) in [5.41, 5.74) is 1.00. The molecule has 0 saturated carbocycles. The molecule has 5 heteroatoms. The second kappa shape index (κ2) is 8.99. The summed E-state index contributed by atoms with van der Waals surface area (Å²) in [4.78, 5) is 12.4. The number of unbranched alkanes of at least 4 members (excludes halogenated alkanes) is 3. The first-order valence-electron chi connectivity index (χ1n) is 8.70. The van der Waals surface area contributed by atoms with E-state index in [2.05, 4.69) is 15.9 Å². The van der Waals surface area contributed by atoms with Crippen molar-refractivity contribution in [3.05, 3.63) is 64.6 Å². The van der Waals surface area contributed by atoms with E-state index in [4.69, 9.17) is 9.15 Å². The van der Waals surface area contributed by atoms with Crippen LogP contribution in [0.2, 0.25) is 0 Å². The molecular formula is C21H20BrFO3. The molecule has 0 N–H and O–H groups in total. The van der Waals surface area contributed by atoms with Gasteiger partial charge in [0.1, 0.15) is 22.9 Å². The van der Waals surface area contributed by atoms with E-state index >= 15 is 0 Å². The summed E-state index contributed by atoms with van der Waals surface area (Å²) in [6, 6.07) is 12.6. The molecule has 0 aliphatic carbocycles. The van der Waals surface area contributed by atoms with E-state index in [1.807, 2.05) is 0 Å². The van der Waals surface area contributed by atoms with Crippen molar-refractivity contribution in [2.24, 2.45) is 0 Å². The Kier molecular flexibility index (Phi) is 6.45. The lowest BCUT2D eigenvalue weighted by Crippen LogP contribution is -2.02. The quantitative estimate of drug-likeness (QED) is 0.336. The van der Waals surface area contributed by atoms with Gasteiger partial charge in [-0.25, -0.2) is 4.39 Å². The fraction of sp³-hybridized carbons (Fsp3) is 0.286. The molecule has 136 valence electrons. The maximum atomic E-state index is 13.1. The molecule has 3 aromatic rings. The Balaban J connectivity index is 1.74. The molecule has 3 nitrogen and oxygen atoms in total. The summed E-state index contributed by atoms with van der Waals surface area (Å²) < 4.78 is 24.6. The van der Waals surface area contributed by atoms with Crippen molar-refractivity contribution >= 4 is 26.9 Å². The highest BCUT2D eigenvalue weighted by molar-refractivity contribution is 9.09. The fourth-order valence-electron chi connectivity index (χ4n) is 2.72. The van der Waals surface area contributed by atoms with Crippen LogP contribution in [0, 0.1) is 5.82 Å². The second-order valence-corrected chi connectivity index (χ2v) is 6.88. The third-order valence-electron chi connectivity index (χ3n) is 4.12. The van der Waals surface area contributed by atoms with Gasteiger partial charge < -0.3 is 9.15 Å². The first-order chi connectivity index (χ1) is 12.7. The van der Waals surface area contributed by atoms with Gasteiger partial charge >= 0.3 is 0 Å². The molecule has 0 saturated heterocycles. The van der Waals surface area contributed by atoms with Gasteiger partial charge in [0, 0.05) is 17.0 Å². The highest BCUT2D eigenvalue weighted by Crippen LogP contribution is 2.25. The first-order valence-corrected chi connectivity index (χ1v) is 9.82. The van der Waals surface area contributed by atoms with Gasteiger partial charge in [0.25, 0.3) is 0 Å². The van der Waals surface area contributed by atoms with Crippen LogP contribution in [0.5, 0.6) is 5.75 Å². The van der Waals surface area contributed by atoms with Crippen LogP contribution in [0.3, 0.4) is 0 Å². The van der Waals surface area contributed by atoms with E-state index in [1.165, 1.54) is 31.0 Å². The van der Waals surface area contributed by atoms with E-state index in [0.29, 0.717) is 34.6 Å². The number of rotatable bonds is 8. The minimum absolute atomic E-state index is 0.145. The van der Waals surface area contributed by atoms with Crippen LogP contribution >= 0.6 is 15.9 Å². The first kappa shape index (κ1) is 18.6. The average Bonchev–Trinajstić information content (AvgIpc) is 2.65. The summed E-state index contributed by atoms with van der Waals surface area (Å²) >= 11 is 3.42. The van der Waals surface area contributed by atoms with Crippen molar-refractivity contribution in [2.75, 3.05) is 11.9 Å². The van der Waals surface area contributed by atoms with Gasteiger partial charge in [-0.3, -0.25) is 4.79 Å². The van der Waals surface area contributed by atoms with Crippen LogP contribution in [0.15, 0.2) is 57.7 Å². The van der Waals surface area contributed by atoms with E-state index in [-0.39, 0.29) is 11.2 Å². The maximum Gasteiger partial charge on any atom is 0.193 e. The van der Waals surface area contributed by atoms with Crippen LogP contribution in [0.25, 0.3) is 22.3 Å². The van der Waals surface area contributed by atoms with Crippen molar-refractivity contribution in [2.45, 2.75) is 25.7 Å². The molecule has 1 aromatic heterocycles. The highest BCUT2D eigenvalue weighted by Gasteiger charge is 2.08. The molecule has 0 unspecified atom stereocenters. The molecule has 0 spiro atoms. The molecular weight excluding hydrogens is 399 g/mol. The van der Waals surface area contributed by atoms with Gasteiger partial charge in [0.05, 0.1) is 12.0 Å². The highest BCUT2D eigenvalue weighted by atomic mass is 79.9. The lowest BCUT2D eigenvalue weighted by Gasteiger charge is -2.08. The summed E-state index contributed by atoms with van der Waals surface area (Å²) in [5.74, 6) is 0.758. The SMILES string of the molecule is O=c1cc(-c2ccc(F)cc2)oc2ccc(OCCCCCCBr)cc12. The Labute approximate surface area is 159 Å². The topological polar surface area (TPSA) is 39.4 Å². The number of fused-ring (bicyclic) bond motifs is 1. The van der Waals surface area contributed by atoms with Crippen LogP contribution in [-0.2, 0) is 0 Å². The minimum atomic E-state index is -0.328. The molecule has 0 radical (unpaired) electrons. The van der Waals surface area contributed by atoms with Crippen molar-refractivity contribution in [3.8, 4) is 17.1 Å². The second-order valence-electron chi connectivity index (χ2n) is 6.09. The Morgan fingerprint density at radius 2 is 1.73 bits per heavy atom. The molecule has 0 atom stereocenters. The maximum absolute atomic E-state index is 13.1. The summed E-state index contributed by atoms with van der Waals surface area (Å²) in [5, 5.41) is 1.52. The lowest BCUT2D eigenvalue weighted by atomic mass is 10.1. The van der Waals surface area contributed by atoms with Gasteiger partial charge in [0.2, 0.25) is 0 Å². The van der Waals surface area contributed by atoms with Crippen molar-refractivity contribution < 1.29 is 13.5 Å². The van der Waals surface area contributed by atoms with Gasteiger partial charge in [-0.1, -0.05) is 28.8 Å². The van der Waals surface area contributed by atoms with Crippen molar-refractivity contribution in [1.82, 2.24) is 0 Å². The Hall–Kier alpha value is -2.14. The van der Waals surface area contributed by atoms with Crippen molar-refractivity contribution in [3.63, 3.8) is 0 Å². The molecule has 26 heavy (non-hydrogen) atoms. The predicted molar refractivity (Wildman–Crippen MR) is 106 cm³/mol. The van der Waals surface area contributed by atoms with E-state index in [9.17, 15) is 9.18 Å². The van der Waals surface area contributed by atoms with Crippen LogP contribution in [0.1, 0.15) is 25.7 Å². The third-order valence-corrected chi connectivity index (χ3v) is 4.68. The molecule has 0 aliphatic heterocycles. The molecule has 1 heterocycles. The van der Waals surface area contributed by atoms with Gasteiger partial charge in [-0.05, 0) is 55.3 Å². The smallest absolute Gasteiger partial charge is 0.193 e. The monoisotopic (exact) mass is 418 g/mol. The Morgan fingerprint density at radius 1 is 0.962 bits per heavy atom. The third kappa shape index (κ3) is 4.73. The van der Waals surface area contributed by atoms with Crippen LogP contribution in [-0.4, -0.2) is 11.9 Å². The predicted octanol–water partition coefficient (Wildman–Crippen LogP) is 5.93. The number of benzene rings is 2. The van der Waals surface area contributed by atoms with Gasteiger partial charge in [-0.15, -0.1) is 0 Å². The molecule has 0 aliphatic rings. The zero-order valence-electron chi connectivity index (χ0n) is 14.3. The lowest BCUT2D eigenvalue weighted by molar-refractivity contribution is 0.305. The molecule has 2 aromatic carbocycles. The summed E-state index contributed by atoms with van der Waals surface area (Å²) in [7, 11) is 0. The standard InChI is InChI=1S/C21H20BrFO3/c22-11-3-1-2-4-12-25-17-9-10-20-18(13-17)19(24)14-21(26-20)15-5-7-16(23)8-6-15/h5-10,13-14H,1-4,11-12H2. The number of ether oxygens (including phenoxy) is 1. The van der Waals surface area contributed by atoms with Gasteiger partial charge in [0.15, 0.2) is 5.43 Å². The normalized spacial score (nSPS) is 11.0. The number of halogens is 2. The fourth-order valence-corrected chi connectivity index (χ4v) is 3.12. The summed E-state index contributed by atoms with van der Waals surface area (Å²) in [6.45, 7) is 0.632. The number of hydrogen-bond acceptors (Lipinski definition) is 3. The van der Waals surface area contributed by atoms with E-state index < -0.39 is 0 Å². The molecule has 0 fully saturated rings. The molecule has 0 bridgehead atoms. The van der Waals surface area contributed by atoms with Crippen molar-refractivity contribution in [1.29, 1.82) is 0 Å². The van der Waals surface area contributed by atoms with Gasteiger partial charge in [-0.2, -0.15) is 0 Å². The largest absolute Gasteiger partial charge is 0.494 e. The van der Waals surface area contributed by atoms with Crippen LogP contribution in [0.4, 0.5) is 4.39 Å². The Morgan fingerprint density at radius 3 is 2.50 bits per heavy atom. The van der Waals surface area contributed by atoms with E-state index in [0.717, 1.165) is 18.2 Å². The van der Waals surface area contributed by atoms with E-state index in [1.54, 1.807) is 30.3 Å². The minimum Gasteiger partial charge on any atom is -0.494 e. The average molecular weight is 419 g/mol.